The summed E-state index contributed by atoms with van der Waals surface area (Å²) in [6.07, 6.45) is 4.48. The third-order valence-electron chi connectivity index (χ3n) is 4.65. The fourth-order valence-corrected chi connectivity index (χ4v) is 2.59. The van der Waals surface area contributed by atoms with Crippen LogP contribution in [0.15, 0.2) is 0 Å². The minimum atomic E-state index is -0.969. The zero-order valence-electron chi connectivity index (χ0n) is 12.6. The molecule has 0 aliphatic carbocycles. The molecule has 4 heteroatoms. The van der Waals surface area contributed by atoms with Gasteiger partial charge in [-0.25, -0.2) is 0 Å². The summed E-state index contributed by atoms with van der Waals surface area (Å²) in [5, 5.41) is 9.40. The van der Waals surface area contributed by atoms with Crippen LogP contribution >= 0.6 is 0 Å². The molecule has 0 radical (unpaired) electrons. The predicted molar refractivity (Wildman–Crippen MR) is 74.8 cm³/mol. The van der Waals surface area contributed by atoms with Crippen molar-refractivity contribution in [3.05, 3.63) is 0 Å². The van der Waals surface area contributed by atoms with Crippen molar-refractivity contribution in [1.82, 2.24) is 4.90 Å². The van der Waals surface area contributed by atoms with Gasteiger partial charge in [-0.15, -0.1) is 0 Å². The second-order valence-electron chi connectivity index (χ2n) is 6.34. The zero-order valence-corrected chi connectivity index (χ0v) is 12.6. The third-order valence-corrected chi connectivity index (χ3v) is 4.65. The molecule has 1 fully saturated rings. The number of hydrogen-bond acceptors (Lipinski definition) is 2. The summed E-state index contributed by atoms with van der Waals surface area (Å²) in [5.74, 6) is -0.942. The van der Waals surface area contributed by atoms with E-state index >= 15 is 0 Å². The van der Waals surface area contributed by atoms with E-state index in [2.05, 4.69) is 6.92 Å². The van der Waals surface area contributed by atoms with Gasteiger partial charge < -0.3 is 10.0 Å². The maximum Gasteiger partial charge on any atom is 0.310 e. The molecule has 1 amide bonds. The van der Waals surface area contributed by atoms with E-state index in [1.54, 1.807) is 6.92 Å². The van der Waals surface area contributed by atoms with E-state index in [4.69, 9.17) is 0 Å². The number of amides is 1. The highest BCUT2D eigenvalue weighted by molar-refractivity contribution is 5.85. The van der Waals surface area contributed by atoms with Gasteiger partial charge in [0.1, 0.15) is 0 Å². The SMILES string of the molecule is CC1CCCCCN1C(=O)CC(C)(C(=O)O)C(C)C. The van der Waals surface area contributed by atoms with Gasteiger partial charge in [-0.3, -0.25) is 9.59 Å². The van der Waals surface area contributed by atoms with Crippen LogP contribution in [0.25, 0.3) is 0 Å². The minimum Gasteiger partial charge on any atom is -0.481 e. The van der Waals surface area contributed by atoms with E-state index in [0.717, 1.165) is 32.2 Å². The summed E-state index contributed by atoms with van der Waals surface area (Å²) in [5.41, 5.74) is -0.969. The van der Waals surface area contributed by atoms with Gasteiger partial charge in [-0.05, 0) is 32.6 Å². The van der Waals surface area contributed by atoms with Crippen molar-refractivity contribution in [3.8, 4) is 0 Å². The first-order valence-corrected chi connectivity index (χ1v) is 7.32. The molecule has 0 spiro atoms. The predicted octanol–water partition coefficient (Wildman–Crippen LogP) is 2.91. The van der Waals surface area contributed by atoms with Crippen molar-refractivity contribution in [1.29, 1.82) is 0 Å². The molecule has 1 aliphatic heterocycles. The average Bonchev–Trinajstić information content (AvgIpc) is 2.53. The molecule has 0 aromatic rings. The van der Waals surface area contributed by atoms with Crippen LogP contribution in [-0.2, 0) is 9.59 Å². The monoisotopic (exact) mass is 269 g/mol. The minimum absolute atomic E-state index is 0.00648. The van der Waals surface area contributed by atoms with Crippen LogP contribution < -0.4 is 0 Å². The quantitative estimate of drug-likeness (QED) is 0.853. The molecule has 0 aromatic carbocycles. The van der Waals surface area contributed by atoms with Crippen LogP contribution in [0.3, 0.4) is 0 Å². The van der Waals surface area contributed by atoms with Crippen LogP contribution in [0, 0.1) is 11.3 Å². The Balaban J connectivity index is 2.79. The first-order chi connectivity index (χ1) is 8.79. The van der Waals surface area contributed by atoms with Crippen molar-refractivity contribution >= 4 is 11.9 Å². The molecule has 2 atom stereocenters. The lowest BCUT2D eigenvalue weighted by Gasteiger charge is -2.33. The second-order valence-corrected chi connectivity index (χ2v) is 6.34. The number of carboxylic acids is 1. The van der Waals surface area contributed by atoms with E-state index in [-0.39, 0.29) is 24.3 Å². The first-order valence-electron chi connectivity index (χ1n) is 7.32. The van der Waals surface area contributed by atoms with Gasteiger partial charge >= 0.3 is 5.97 Å². The fraction of sp³-hybridized carbons (Fsp3) is 0.867. The standard InChI is InChI=1S/C15H27NO3/c1-11(2)15(4,14(18)19)10-13(17)16-9-7-5-6-8-12(16)3/h11-12H,5-10H2,1-4H3,(H,18,19). The lowest BCUT2D eigenvalue weighted by atomic mass is 9.76. The molecule has 2 unspecified atom stereocenters. The van der Waals surface area contributed by atoms with E-state index in [1.165, 1.54) is 0 Å². The lowest BCUT2D eigenvalue weighted by Crippen LogP contribution is -2.44. The molecule has 19 heavy (non-hydrogen) atoms. The van der Waals surface area contributed by atoms with E-state index in [1.807, 2.05) is 18.7 Å². The molecule has 1 saturated heterocycles. The highest BCUT2D eigenvalue weighted by Gasteiger charge is 2.40. The maximum atomic E-state index is 12.4. The molecule has 1 N–H and O–H groups in total. The van der Waals surface area contributed by atoms with E-state index < -0.39 is 11.4 Å². The van der Waals surface area contributed by atoms with Gasteiger partial charge in [0.05, 0.1) is 5.41 Å². The number of likely N-dealkylation sites (tertiary alicyclic amines) is 1. The van der Waals surface area contributed by atoms with Crippen molar-refractivity contribution in [2.45, 2.75) is 65.8 Å². The molecule has 110 valence electrons. The number of aliphatic carboxylic acids is 1. The topological polar surface area (TPSA) is 57.6 Å². The second kappa shape index (κ2) is 6.40. The van der Waals surface area contributed by atoms with Crippen LogP contribution in [0.2, 0.25) is 0 Å². The summed E-state index contributed by atoms with van der Waals surface area (Å²) in [6.45, 7) is 8.26. The van der Waals surface area contributed by atoms with Crippen LogP contribution in [-0.4, -0.2) is 34.5 Å². The largest absolute Gasteiger partial charge is 0.481 e. The Labute approximate surface area is 116 Å². The molecule has 0 bridgehead atoms. The Kier molecular flexibility index (Phi) is 5.39. The van der Waals surface area contributed by atoms with Crippen molar-refractivity contribution in [3.63, 3.8) is 0 Å². The van der Waals surface area contributed by atoms with Gasteiger partial charge in [0, 0.05) is 19.0 Å². The Morgan fingerprint density at radius 2 is 1.95 bits per heavy atom. The summed E-state index contributed by atoms with van der Waals surface area (Å²) in [6, 6.07) is 0.236. The smallest absolute Gasteiger partial charge is 0.310 e. The van der Waals surface area contributed by atoms with Gasteiger partial charge in [0.2, 0.25) is 5.91 Å². The summed E-state index contributed by atoms with van der Waals surface area (Å²) in [7, 11) is 0. The molecule has 4 nitrogen and oxygen atoms in total. The van der Waals surface area contributed by atoms with E-state index in [9.17, 15) is 14.7 Å². The Hall–Kier alpha value is -1.06. The molecular weight excluding hydrogens is 242 g/mol. The van der Waals surface area contributed by atoms with Gasteiger partial charge in [-0.1, -0.05) is 26.7 Å². The molecule has 1 rings (SSSR count). The Morgan fingerprint density at radius 3 is 2.47 bits per heavy atom. The number of nitrogens with zero attached hydrogens (tertiary/aromatic N) is 1. The number of rotatable bonds is 4. The fourth-order valence-electron chi connectivity index (χ4n) is 2.59. The Morgan fingerprint density at radius 1 is 1.32 bits per heavy atom. The molecule has 1 aliphatic rings. The van der Waals surface area contributed by atoms with Crippen molar-refractivity contribution in [2.24, 2.45) is 11.3 Å². The van der Waals surface area contributed by atoms with Crippen LogP contribution in [0.4, 0.5) is 0 Å². The van der Waals surface area contributed by atoms with Gasteiger partial charge in [0.15, 0.2) is 0 Å². The highest BCUT2D eigenvalue weighted by Crippen LogP contribution is 2.33. The summed E-state index contributed by atoms with van der Waals surface area (Å²) >= 11 is 0. The van der Waals surface area contributed by atoms with E-state index in [0.29, 0.717) is 0 Å². The zero-order chi connectivity index (χ0) is 14.6. The lowest BCUT2D eigenvalue weighted by molar-refractivity contribution is -0.156. The number of carbonyl (C=O) groups excluding carboxylic acids is 1. The Bertz CT molecular complexity index is 340. The average molecular weight is 269 g/mol. The molecular formula is C15H27NO3. The molecule has 0 saturated carbocycles. The highest BCUT2D eigenvalue weighted by atomic mass is 16.4. The summed E-state index contributed by atoms with van der Waals surface area (Å²) in [4.78, 5) is 25.8. The summed E-state index contributed by atoms with van der Waals surface area (Å²) < 4.78 is 0. The van der Waals surface area contributed by atoms with Gasteiger partial charge in [0.25, 0.3) is 0 Å². The number of carbonyl (C=O) groups is 2. The number of hydrogen-bond donors (Lipinski definition) is 1. The molecule has 1 heterocycles. The number of carboxylic acid groups (broad SMARTS) is 1. The van der Waals surface area contributed by atoms with Gasteiger partial charge in [-0.2, -0.15) is 0 Å². The first kappa shape index (κ1) is 16.0. The normalized spacial score (nSPS) is 23.8. The van der Waals surface area contributed by atoms with Crippen molar-refractivity contribution < 1.29 is 14.7 Å². The maximum absolute atomic E-state index is 12.4. The van der Waals surface area contributed by atoms with Crippen LogP contribution in [0.5, 0.6) is 0 Å². The van der Waals surface area contributed by atoms with Crippen LogP contribution in [0.1, 0.15) is 59.8 Å². The molecule has 0 aromatic heterocycles. The third kappa shape index (κ3) is 3.71. The van der Waals surface area contributed by atoms with Crippen molar-refractivity contribution in [2.75, 3.05) is 6.54 Å².